The van der Waals surface area contributed by atoms with Crippen LogP contribution in [0.3, 0.4) is 0 Å². The van der Waals surface area contributed by atoms with Gasteiger partial charge in [-0.1, -0.05) is 104 Å². The summed E-state index contributed by atoms with van der Waals surface area (Å²) in [5, 5.41) is 15.9. The quantitative estimate of drug-likeness (QED) is 0.187. The summed E-state index contributed by atoms with van der Waals surface area (Å²) in [4.78, 5) is 13.9. The fraction of sp³-hybridized carbons (Fsp3) is 0.654. The minimum absolute atomic E-state index is 0.191. The Morgan fingerprint density at radius 2 is 1.36 bits per heavy atom. The van der Waals surface area contributed by atoms with Gasteiger partial charge in [0.15, 0.2) is 10.3 Å². The summed E-state index contributed by atoms with van der Waals surface area (Å²) in [5.74, 6) is 1.94. The third kappa shape index (κ3) is 8.67. The second kappa shape index (κ2) is 12.3. The lowest BCUT2D eigenvalue weighted by Gasteiger charge is -2.28. The van der Waals surface area contributed by atoms with Crippen LogP contribution >= 0.6 is 23.5 Å². The Kier molecular flexibility index (Phi) is 10.3. The molecule has 2 rings (SSSR count). The number of hydrogen-bond donors (Lipinski definition) is 2. The molecule has 2 aromatic rings. The van der Waals surface area contributed by atoms with Crippen LogP contribution in [-0.2, 0) is 10.8 Å². The normalized spacial score (nSPS) is 12.2. The van der Waals surface area contributed by atoms with E-state index in [1.165, 1.54) is 50.3 Å². The van der Waals surface area contributed by atoms with E-state index in [4.69, 9.17) is 0 Å². The van der Waals surface area contributed by atoms with E-state index >= 15 is 0 Å². The highest BCUT2D eigenvalue weighted by Crippen LogP contribution is 2.41. The molecule has 0 saturated heterocycles. The molecule has 2 N–H and O–H groups in total. The molecule has 0 spiro atoms. The Balaban J connectivity index is 2.23. The zero-order chi connectivity index (χ0) is 24.6. The molecule has 0 radical (unpaired) electrons. The van der Waals surface area contributed by atoms with Crippen LogP contribution in [0.1, 0.15) is 98.1 Å². The molecule has 184 valence electrons. The summed E-state index contributed by atoms with van der Waals surface area (Å²) < 4.78 is 0. The SMILES string of the molecule is CCCCCCCCSc1nc(Nc2cc(C(C)(C)C)c(O)c(C(C)(C)C)c2)nc(SC)n1. The van der Waals surface area contributed by atoms with Crippen LogP contribution in [0.2, 0.25) is 0 Å². The highest BCUT2D eigenvalue weighted by atomic mass is 32.2. The third-order valence-corrected chi connectivity index (χ3v) is 6.97. The number of rotatable bonds is 11. The Bertz CT molecular complexity index is 869. The topological polar surface area (TPSA) is 70.9 Å². The van der Waals surface area contributed by atoms with Gasteiger partial charge in [-0.25, -0.2) is 0 Å². The molecule has 1 aromatic carbocycles. The van der Waals surface area contributed by atoms with Gasteiger partial charge in [-0.2, -0.15) is 15.0 Å². The number of aromatic nitrogens is 3. The maximum atomic E-state index is 11.0. The van der Waals surface area contributed by atoms with E-state index in [9.17, 15) is 5.11 Å². The molecule has 0 aliphatic rings. The number of nitrogens with one attached hydrogen (secondary N) is 1. The first-order valence-corrected chi connectivity index (χ1v) is 14.2. The molecule has 0 amide bonds. The zero-order valence-electron chi connectivity index (χ0n) is 21.7. The lowest BCUT2D eigenvalue weighted by Crippen LogP contribution is -2.18. The predicted molar refractivity (Wildman–Crippen MR) is 144 cm³/mol. The van der Waals surface area contributed by atoms with Gasteiger partial charge in [0.05, 0.1) is 0 Å². The summed E-state index contributed by atoms with van der Waals surface area (Å²) in [6, 6.07) is 4.02. The zero-order valence-corrected chi connectivity index (χ0v) is 23.3. The number of unbranched alkanes of at least 4 members (excludes halogenated alkanes) is 5. The Hall–Kier alpha value is -1.47. The Morgan fingerprint density at radius 3 is 1.91 bits per heavy atom. The van der Waals surface area contributed by atoms with Crippen LogP contribution < -0.4 is 5.32 Å². The van der Waals surface area contributed by atoms with Crippen LogP contribution in [0.15, 0.2) is 22.4 Å². The van der Waals surface area contributed by atoms with E-state index in [-0.39, 0.29) is 10.8 Å². The van der Waals surface area contributed by atoms with Gasteiger partial charge < -0.3 is 10.4 Å². The molecule has 1 heterocycles. The molecule has 0 bridgehead atoms. The highest BCUT2D eigenvalue weighted by molar-refractivity contribution is 7.99. The molecule has 0 atom stereocenters. The Labute approximate surface area is 209 Å². The first-order valence-electron chi connectivity index (χ1n) is 12.0. The van der Waals surface area contributed by atoms with Crippen LogP contribution in [0.5, 0.6) is 5.75 Å². The third-order valence-electron chi connectivity index (χ3n) is 5.49. The van der Waals surface area contributed by atoms with E-state index in [0.29, 0.717) is 16.9 Å². The van der Waals surface area contributed by atoms with E-state index in [0.717, 1.165) is 27.7 Å². The largest absolute Gasteiger partial charge is 0.507 e. The molecule has 0 aliphatic carbocycles. The van der Waals surface area contributed by atoms with Crippen molar-refractivity contribution in [2.75, 3.05) is 17.3 Å². The second-order valence-electron chi connectivity index (χ2n) is 10.6. The molecule has 0 unspecified atom stereocenters. The molecule has 0 saturated carbocycles. The maximum absolute atomic E-state index is 11.0. The van der Waals surface area contributed by atoms with Crippen molar-refractivity contribution >= 4 is 35.2 Å². The fourth-order valence-electron chi connectivity index (χ4n) is 3.57. The van der Waals surface area contributed by atoms with Gasteiger partial charge in [-0.05, 0) is 35.6 Å². The van der Waals surface area contributed by atoms with Crippen molar-refractivity contribution in [3.8, 4) is 5.75 Å². The summed E-state index contributed by atoms with van der Waals surface area (Å²) in [5.41, 5.74) is 2.32. The van der Waals surface area contributed by atoms with Crippen molar-refractivity contribution in [3.05, 3.63) is 23.3 Å². The predicted octanol–water partition coefficient (Wildman–Crippen LogP) is 8.09. The number of hydrogen-bond acceptors (Lipinski definition) is 7. The second-order valence-corrected chi connectivity index (χ2v) is 12.4. The molecule has 5 nitrogen and oxygen atoms in total. The number of aromatic hydroxyl groups is 1. The van der Waals surface area contributed by atoms with E-state index in [1.807, 2.05) is 18.4 Å². The van der Waals surface area contributed by atoms with Crippen molar-refractivity contribution in [3.63, 3.8) is 0 Å². The van der Waals surface area contributed by atoms with Crippen LogP contribution in [-0.4, -0.2) is 32.1 Å². The summed E-state index contributed by atoms with van der Waals surface area (Å²) in [6.07, 6.45) is 9.67. The van der Waals surface area contributed by atoms with E-state index < -0.39 is 0 Å². The lowest BCUT2D eigenvalue weighted by molar-refractivity contribution is 0.423. The number of phenols is 1. The average molecular weight is 491 g/mol. The van der Waals surface area contributed by atoms with E-state index in [2.05, 4.69) is 68.7 Å². The number of anilines is 2. The number of benzene rings is 1. The first-order chi connectivity index (χ1) is 15.5. The van der Waals surface area contributed by atoms with Crippen LogP contribution in [0.4, 0.5) is 11.6 Å². The molecule has 7 heteroatoms. The van der Waals surface area contributed by atoms with Gasteiger partial charge in [0.1, 0.15) is 5.75 Å². The minimum Gasteiger partial charge on any atom is -0.507 e. The van der Waals surface area contributed by atoms with Crippen LogP contribution in [0, 0.1) is 0 Å². The minimum atomic E-state index is -0.191. The summed E-state index contributed by atoms with van der Waals surface area (Å²) in [7, 11) is 0. The van der Waals surface area contributed by atoms with Crippen molar-refractivity contribution in [2.24, 2.45) is 0 Å². The van der Waals surface area contributed by atoms with Gasteiger partial charge in [-0.15, -0.1) is 0 Å². The number of phenolic OH excluding ortho intramolecular Hbond substituents is 1. The maximum Gasteiger partial charge on any atom is 0.232 e. The van der Waals surface area contributed by atoms with E-state index in [1.54, 1.807) is 11.8 Å². The lowest BCUT2D eigenvalue weighted by atomic mass is 9.79. The van der Waals surface area contributed by atoms with Gasteiger partial charge in [0, 0.05) is 22.6 Å². The average Bonchev–Trinajstić information content (AvgIpc) is 2.72. The van der Waals surface area contributed by atoms with Gasteiger partial charge in [-0.3, -0.25) is 0 Å². The first kappa shape index (κ1) is 27.8. The van der Waals surface area contributed by atoms with Crippen molar-refractivity contribution in [1.82, 2.24) is 15.0 Å². The summed E-state index contributed by atoms with van der Waals surface area (Å²) in [6.45, 7) is 14.9. The molecule has 0 aliphatic heterocycles. The number of nitrogens with zero attached hydrogens (tertiary/aromatic N) is 3. The van der Waals surface area contributed by atoms with Gasteiger partial charge in [0.25, 0.3) is 0 Å². The van der Waals surface area contributed by atoms with Gasteiger partial charge in [0.2, 0.25) is 5.95 Å². The Morgan fingerprint density at radius 1 is 0.818 bits per heavy atom. The van der Waals surface area contributed by atoms with Crippen molar-refractivity contribution < 1.29 is 5.11 Å². The molecule has 0 fully saturated rings. The fourth-order valence-corrected chi connectivity index (χ4v) is 4.82. The summed E-state index contributed by atoms with van der Waals surface area (Å²) >= 11 is 3.22. The molecule has 33 heavy (non-hydrogen) atoms. The molecular formula is C26H42N4OS2. The van der Waals surface area contributed by atoms with Gasteiger partial charge >= 0.3 is 0 Å². The van der Waals surface area contributed by atoms with Crippen LogP contribution in [0.25, 0.3) is 0 Å². The molecular weight excluding hydrogens is 448 g/mol. The smallest absolute Gasteiger partial charge is 0.232 e. The molecule has 1 aromatic heterocycles. The number of thioether (sulfide) groups is 2. The standard InChI is InChI=1S/C26H42N4OS2/c1-9-10-11-12-13-14-15-33-24-29-22(28-23(30-24)32-8)27-18-16-19(25(2,3)4)21(31)20(17-18)26(5,6)7/h16-17,31H,9-15H2,1-8H3,(H,27,28,29,30). The van der Waals surface area contributed by atoms with Crippen molar-refractivity contribution in [1.29, 1.82) is 0 Å². The highest BCUT2D eigenvalue weighted by Gasteiger charge is 2.26. The van der Waals surface area contributed by atoms with Crippen molar-refractivity contribution in [2.45, 2.75) is 108 Å². The monoisotopic (exact) mass is 490 g/mol.